The third-order valence-electron chi connectivity index (χ3n) is 5.97. The molecule has 0 bridgehead atoms. The Morgan fingerprint density at radius 3 is 2.26 bits per heavy atom. The van der Waals surface area contributed by atoms with Crippen molar-refractivity contribution in [2.45, 2.75) is 71.5 Å². The van der Waals surface area contributed by atoms with Gasteiger partial charge in [-0.2, -0.15) is 0 Å². The Labute approximate surface area is 202 Å². The maximum absolute atomic E-state index is 14.8. The van der Waals surface area contributed by atoms with E-state index in [2.05, 4.69) is 13.8 Å². The topological polar surface area (TPSA) is 54.0 Å². The fourth-order valence-electron chi connectivity index (χ4n) is 3.88. The summed E-state index contributed by atoms with van der Waals surface area (Å²) in [5.74, 6) is 0.265. The van der Waals surface area contributed by atoms with Crippen molar-refractivity contribution >= 4 is 5.97 Å². The van der Waals surface area contributed by atoms with E-state index in [1.165, 1.54) is 50.3 Å². The molecule has 0 aliphatic carbocycles. The standard InChI is InChI=1S/C28H37FO5/c1-3-5-7-8-9-10-21-19-32-28(33-20-21)25-16-11-22(18-26(25)29)27(30)34-24-14-12-23(13-15-24)31-17-6-4-2/h11-16,18,21,28H,3-10,17,19-20H2,1-2H3. The molecule has 0 N–H and O–H groups in total. The number of hydrogen-bond donors (Lipinski definition) is 0. The van der Waals surface area contributed by atoms with E-state index in [0.29, 0.717) is 37.1 Å². The van der Waals surface area contributed by atoms with Gasteiger partial charge in [0.2, 0.25) is 0 Å². The van der Waals surface area contributed by atoms with Gasteiger partial charge < -0.3 is 18.9 Å². The van der Waals surface area contributed by atoms with E-state index in [9.17, 15) is 9.18 Å². The molecule has 0 unspecified atom stereocenters. The lowest BCUT2D eigenvalue weighted by molar-refractivity contribution is -0.207. The van der Waals surface area contributed by atoms with Gasteiger partial charge in [-0.3, -0.25) is 0 Å². The van der Waals surface area contributed by atoms with E-state index in [1.54, 1.807) is 24.3 Å². The summed E-state index contributed by atoms with van der Waals surface area (Å²) in [6.07, 6.45) is 8.55. The Hall–Kier alpha value is -2.44. The van der Waals surface area contributed by atoms with Gasteiger partial charge in [0.15, 0.2) is 6.29 Å². The van der Waals surface area contributed by atoms with E-state index in [0.717, 1.165) is 25.0 Å². The summed E-state index contributed by atoms with van der Waals surface area (Å²) in [6.45, 7) is 6.07. The maximum atomic E-state index is 14.8. The van der Waals surface area contributed by atoms with Crippen molar-refractivity contribution in [3.63, 3.8) is 0 Å². The van der Waals surface area contributed by atoms with Crippen LogP contribution in [0.15, 0.2) is 42.5 Å². The van der Waals surface area contributed by atoms with Crippen LogP contribution in [0.5, 0.6) is 11.5 Å². The number of halogens is 1. The van der Waals surface area contributed by atoms with Gasteiger partial charge in [-0.25, -0.2) is 9.18 Å². The number of carbonyl (C=O) groups is 1. The Bertz CT molecular complexity index is 875. The maximum Gasteiger partial charge on any atom is 0.343 e. The Morgan fingerprint density at radius 2 is 1.59 bits per heavy atom. The molecule has 1 heterocycles. The average Bonchev–Trinajstić information content (AvgIpc) is 2.85. The van der Waals surface area contributed by atoms with Gasteiger partial charge in [0.1, 0.15) is 17.3 Å². The van der Waals surface area contributed by atoms with Crippen molar-refractivity contribution in [1.82, 2.24) is 0 Å². The highest BCUT2D eigenvalue weighted by Crippen LogP contribution is 2.30. The Kier molecular flexibility index (Phi) is 10.8. The monoisotopic (exact) mass is 472 g/mol. The van der Waals surface area contributed by atoms with Gasteiger partial charge in [-0.05, 0) is 49.2 Å². The summed E-state index contributed by atoms with van der Waals surface area (Å²) < 4.78 is 37.3. The molecule has 186 valence electrons. The van der Waals surface area contributed by atoms with E-state index in [4.69, 9.17) is 18.9 Å². The van der Waals surface area contributed by atoms with Gasteiger partial charge in [0.05, 0.1) is 25.4 Å². The lowest BCUT2D eigenvalue weighted by Gasteiger charge is -2.30. The smallest absolute Gasteiger partial charge is 0.343 e. The number of benzene rings is 2. The Morgan fingerprint density at radius 1 is 0.912 bits per heavy atom. The molecule has 3 rings (SSSR count). The second-order valence-corrected chi connectivity index (χ2v) is 8.87. The van der Waals surface area contributed by atoms with Gasteiger partial charge in [-0.1, -0.05) is 58.4 Å². The van der Waals surface area contributed by atoms with E-state index in [1.807, 2.05) is 0 Å². The second kappa shape index (κ2) is 14.1. The number of unbranched alkanes of at least 4 members (excludes halogenated alkanes) is 5. The van der Waals surface area contributed by atoms with E-state index >= 15 is 0 Å². The average molecular weight is 473 g/mol. The predicted molar refractivity (Wildman–Crippen MR) is 130 cm³/mol. The number of rotatable bonds is 13. The third kappa shape index (κ3) is 8.10. The van der Waals surface area contributed by atoms with Crippen LogP contribution in [0.2, 0.25) is 0 Å². The molecular formula is C28H37FO5. The minimum Gasteiger partial charge on any atom is -0.494 e. The first-order valence-corrected chi connectivity index (χ1v) is 12.6. The molecule has 5 nitrogen and oxygen atoms in total. The SMILES string of the molecule is CCCCCCCC1COC(c2ccc(C(=O)Oc3ccc(OCCCC)cc3)cc2F)OC1. The fourth-order valence-corrected chi connectivity index (χ4v) is 3.88. The zero-order valence-corrected chi connectivity index (χ0v) is 20.4. The molecule has 6 heteroatoms. The molecule has 0 aromatic heterocycles. The molecule has 0 atom stereocenters. The minimum absolute atomic E-state index is 0.130. The summed E-state index contributed by atoms with van der Waals surface area (Å²) in [5, 5.41) is 0. The van der Waals surface area contributed by atoms with Gasteiger partial charge >= 0.3 is 5.97 Å². The summed E-state index contributed by atoms with van der Waals surface area (Å²) in [4.78, 5) is 12.5. The van der Waals surface area contributed by atoms with Crippen molar-refractivity contribution in [3.8, 4) is 11.5 Å². The molecule has 1 aliphatic rings. The van der Waals surface area contributed by atoms with Crippen LogP contribution in [0.25, 0.3) is 0 Å². The first-order chi connectivity index (χ1) is 16.6. The second-order valence-electron chi connectivity index (χ2n) is 8.87. The Balaban J connectivity index is 1.47. The van der Waals surface area contributed by atoms with Crippen LogP contribution < -0.4 is 9.47 Å². The van der Waals surface area contributed by atoms with Crippen molar-refractivity contribution in [3.05, 3.63) is 59.4 Å². The number of esters is 1. The van der Waals surface area contributed by atoms with Gasteiger partial charge in [-0.15, -0.1) is 0 Å². The zero-order chi connectivity index (χ0) is 24.2. The van der Waals surface area contributed by atoms with Crippen LogP contribution >= 0.6 is 0 Å². The lowest BCUT2D eigenvalue weighted by Crippen LogP contribution is -2.27. The molecule has 0 amide bonds. The summed E-state index contributed by atoms with van der Waals surface area (Å²) in [5.41, 5.74) is 0.428. The van der Waals surface area contributed by atoms with Crippen LogP contribution in [0.4, 0.5) is 4.39 Å². The molecule has 1 saturated heterocycles. The normalized spacial score (nSPS) is 18.0. The predicted octanol–water partition coefficient (Wildman–Crippen LogP) is 7.25. The largest absolute Gasteiger partial charge is 0.494 e. The van der Waals surface area contributed by atoms with Crippen LogP contribution in [-0.2, 0) is 9.47 Å². The highest BCUT2D eigenvalue weighted by atomic mass is 19.1. The molecule has 0 saturated carbocycles. The number of ether oxygens (including phenoxy) is 4. The molecule has 2 aromatic carbocycles. The minimum atomic E-state index is -0.748. The van der Waals surface area contributed by atoms with E-state index in [-0.39, 0.29) is 5.56 Å². The van der Waals surface area contributed by atoms with Crippen LogP contribution in [-0.4, -0.2) is 25.8 Å². The van der Waals surface area contributed by atoms with Crippen molar-refractivity contribution in [2.24, 2.45) is 5.92 Å². The van der Waals surface area contributed by atoms with Gasteiger partial charge in [0, 0.05) is 11.5 Å². The fraction of sp³-hybridized carbons (Fsp3) is 0.536. The summed E-state index contributed by atoms with van der Waals surface area (Å²) >= 11 is 0. The molecule has 1 aliphatic heterocycles. The zero-order valence-electron chi connectivity index (χ0n) is 20.4. The molecule has 0 spiro atoms. The van der Waals surface area contributed by atoms with E-state index < -0.39 is 18.1 Å². The summed E-state index contributed by atoms with van der Waals surface area (Å²) in [7, 11) is 0. The van der Waals surface area contributed by atoms with Crippen LogP contribution in [0.3, 0.4) is 0 Å². The van der Waals surface area contributed by atoms with Crippen molar-refractivity contribution in [2.75, 3.05) is 19.8 Å². The first kappa shape index (κ1) is 26.2. The first-order valence-electron chi connectivity index (χ1n) is 12.6. The quantitative estimate of drug-likeness (QED) is 0.175. The highest BCUT2D eigenvalue weighted by Gasteiger charge is 2.26. The third-order valence-corrected chi connectivity index (χ3v) is 5.97. The number of carbonyl (C=O) groups excluding carboxylic acids is 1. The van der Waals surface area contributed by atoms with Crippen LogP contribution in [0, 0.1) is 11.7 Å². The lowest BCUT2D eigenvalue weighted by atomic mass is 10.0. The van der Waals surface area contributed by atoms with Crippen molar-refractivity contribution < 1.29 is 28.1 Å². The summed E-state index contributed by atoms with van der Waals surface area (Å²) in [6, 6.07) is 11.1. The molecule has 34 heavy (non-hydrogen) atoms. The highest BCUT2D eigenvalue weighted by molar-refractivity contribution is 5.91. The molecule has 1 fully saturated rings. The van der Waals surface area contributed by atoms with Crippen LogP contribution in [0.1, 0.15) is 87.4 Å². The molecule has 0 radical (unpaired) electrons. The van der Waals surface area contributed by atoms with Crippen molar-refractivity contribution in [1.29, 1.82) is 0 Å². The molecule has 2 aromatic rings. The number of hydrogen-bond acceptors (Lipinski definition) is 5. The van der Waals surface area contributed by atoms with Gasteiger partial charge in [0.25, 0.3) is 0 Å². The molecular weight excluding hydrogens is 435 g/mol.